The SMILES string of the molecule is CC(C)[C@H](NC(=O)OCC1c2ccccc2-c2ccc([N+](=O)[O-])cc21)C(=O)O. The van der Waals surface area contributed by atoms with Crippen LogP contribution >= 0.6 is 0 Å². The number of nitro benzene ring substituents is 1. The van der Waals surface area contributed by atoms with E-state index in [-0.39, 0.29) is 24.1 Å². The van der Waals surface area contributed by atoms with Crippen LogP contribution in [0.25, 0.3) is 11.1 Å². The number of carbonyl (C=O) groups excluding carboxylic acids is 1. The Balaban J connectivity index is 1.82. The first-order valence-corrected chi connectivity index (χ1v) is 8.83. The molecule has 1 aliphatic carbocycles. The molecule has 28 heavy (non-hydrogen) atoms. The number of ether oxygens (including phenoxy) is 1. The average molecular weight is 384 g/mol. The first-order chi connectivity index (χ1) is 13.3. The molecule has 0 aliphatic heterocycles. The third kappa shape index (κ3) is 3.66. The summed E-state index contributed by atoms with van der Waals surface area (Å²) in [5.41, 5.74) is 3.38. The molecule has 0 heterocycles. The first kappa shape index (κ1) is 19.3. The molecule has 8 nitrogen and oxygen atoms in total. The molecule has 0 aromatic heterocycles. The molecule has 0 fully saturated rings. The number of benzene rings is 2. The highest BCUT2D eigenvalue weighted by molar-refractivity contribution is 5.81. The van der Waals surface area contributed by atoms with Gasteiger partial charge in [-0.2, -0.15) is 0 Å². The number of nitro groups is 1. The van der Waals surface area contributed by atoms with E-state index in [1.165, 1.54) is 12.1 Å². The summed E-state index contributed by atoms with van der Waals surface area (Å²) in [6.45, 7) is 3.31. The number of fused-ring (bicyclic) bond motifs is 3. The van der Waals surface area contributed by atoms with E-state index in [1.54, 1.807) is 19.9 Å². The quantitative estimate of drug-likeness (QED) is 0.581. The van der Waals surface area contributed by atoms with Crippen molar-refractivity contribution in [2.24, 2.45) is 5.92 Å². The lowest BCUT2D eigenvalue weighted by molar-refractivity contribution is -0.384. The van der Waals surface area contributed by atoms with Crippen LogP contribution in [0.2, 0.25) is 0 Å². The van der Waals surface area contributed by atoms with Crippen molar-refractivity contribution in [1.29, 1.82) is 0 Å². The molecule has 1 amide bonds. The fraction of sp³-hybridized carbons (Fsp3) is 0.300. The van der Waals surface area contributed by atoms with Crippen molar-refractivity contribution < 1.29 is 24.4 Å². The zero-order valence-corrected chi connectivity index (χ0v) is 15.4. The molecule has 2 aromatic carbocycles. The van der Waals surface area contributed by atoms with Crippen molar-refractivity contribution in [1.82, 2.24) is 5.32 Å². The fourth-order valence-electron chi connectivity index (χ4n) is 3.43. The summed E-state index contributed by atoms with van der Waals surface area (Å²) in [6.07, 6.45) is -0.836. The van der Waals surface area contributed by atoms with E-state index >= 15 is 0 Å². The van der Waals surface area contributed by atoms with Crippen molar-refractivity contribution in [3.8, 4) is 11.1 Å². The van der Waals surface area contributed by atoms with E-state index in [0.717, 1.165) is 16.7 Å². The van der Waals surface area contributed by atoms with Gasteiger partial charge in [0.2, 0.25) is 0 Å². The van der Waals surface area contributed by atoms with Crippen LogP contribution in [0.3, 0.4) is 0 Å². The van der Waals surface area contributed by atoms with Crippen LogP contribution in [0.15, 0.2) is 42.5 Å². The number of nitrogens with one attached hydrogen (secondary N) is 1. The van der Waals surface area contributed by atoms with E-state index in [9.17, 15) is 24.8 Å². The van der Waals surface area contributed by atoms with Gasteiger partial charge in [-0.15, -0.1) is 0 Å². The van der Waals surface area contributed by atoms with Gasteiger partial charge in [0.25, 0.3) is 5.69 Å². The molecule has 0 saturated heterocycles. The number of carboxylic acids is 1. The Hall–Kier alpha value is -3.42. The maximum Gasteiger partial charge on any atom is 0.407 e. The van der Waals surface area contributed by atoms with Gasteiger partial charge in [0.1, 0.15) is 12.6 Å². The van der Waals surface area contributed by atoms with Gasteiger partial charge >= 0.3 is 12.1 Å². The first-order valence-electron chi connectivity index (χ1n) is 8.83. The molecule has 0 bridgehead atoms. The smallest absolute Gasteiger partial charge is 0.407 e. The Bertz CT molecular complexity index is 940. The van der Waals surface area contributed by atoms with Gasteiger partial charge in [-0.1, -0.05) is 38.1 Å². The van der Waals surface area contributed by atoms with Gasteiger partial charge in [-0.05, 0) is 34.2 Å². The Kier molecular flexibility index (Phi) is 5.30. The minimum atomic E-state index is -1.14. The summed E-state index contributed by atoms with van der Waals surface area (Å²) in [4.78, 5) is 34.0. The highest BCUT2D eigenvalue weighted by atomic mass is 16.6. The number of rotatable bonds is 6. The number of alkyl carbamates (subject to hydrolysis) is 1. The number of amides is 1. The second-order valence-electron chi connectivity index (χ2n) is 6.97. The summed E-state index contributed by atoms with van der Waals surface area (Å²) < 4.78 is 5.29. The van der Waals surface area contributed by atoms with Crippen LogP contribution in [-0.2, 0) is 9.53 Å². The third-order valence-electron chi connectivity index (χ3n) is 4.83. The highest BCUT2D eigenvalue weighted by Gasteiger charge is 2.32. The third-order valence-corrected chi connectivity index (χ3v) is 4.83. The standard InChI is InChI=1S/C20H20N2O6/c1-11(2)18(19(23)24)21-20(25)28-10-17-14-6-4-3-5-13(14)15-8-7-12(22(26)27)9-16(15)17/h3-9,11,17-18H,10H2,1-2H3,(H,21,25)(H,23,24)/t17?,18-/m0/s1. The van der Waals surface area contributed by atoms with Gasteiger partial charge in [0.15, 0.2) is 0 Å². The minimum absolute atomic E-state index is 0.0354. The summed E-state index contributed by atoms with van der Waals surface area (Å²) in [5, 5.41) is 22.7. The average Bonchev–Trinajstić information content (AvgIpc) is 2.97. The minimum Gasteiger partial charge on any atom is -0.480 e. The lowest BCUT2D eigenvalue weighted by Gasteiger charge is -2.19. The number of hydrogen-bond acceptors (Lipinski definition) is 5. The number of non-ortho nitro benzene ring substituents is 1. The number of hydrogen-bond donors (Lipinski definition) is 2. The van der Waals surface area contributed by atoms with E-state index in [0.29, 0.717) is 5.56 Å². The summed E-state index contributed by atoms with van der Waals surface area (Å²) in [6, 6.07) is 11.1. The maximum absolute atomic E-state index is 12.1. The predicted molar refractivity (Wildman–Crippen MR) is 101 cm³/mol. The van der Waals surface area contributed by atoms with E-state index < -0.39 is 23.0 Å². The number of carboxylic acid groups (broad SMARTS) is 1. The largest absolute Gasteiger partial charge is 0.480 e. The molecule has 1 unspecified atom stereocenters. The molecule has 0 saturated carbocycles. The fourth-order valence-corrected chi connectivity index (χ4v) is 3.43. The van der Waals surface area contributed by atoms with Crippen molar-refractivity contribution in [2.75, 3.05) is 6.61 Å². The van der Waals surface area contributed by atoms with Gasteiger partial charge in [-0.25, -0.2) is 9.59 Å². The van der Waals surface area contributed by atoms with Crippen molar-refractivity contribution in [3.63, 3.8) is 0 Å². The zero-order chi connectivity index (χ0) is 20.4. The van der Waals surface area contributed by atoms with Crippen LogP contribution in [0, 0.1) is 16.0 Å². The Morgan fingerprint density at radius 1 is 1.18 bits per heavy atom. The molecule has 2 atom stereocenters. The second kappa shape index (κ2) is 7.67. The maximum atomic E-state index is 12.1. The number of nitrogens with zero attached hydrogens (tertiary/aromatic N) is 1. The predicted octanol–water partition coefficient (Wildman–Crippen LogP) is 3.54. The van der Waals surface area contributed by atoms with Crippen molar-refractivity contribution in [3.05, 3.63) is 63.7 Å². The van der Waals surface area contributed by atoms with Gasteiger partial charge in [0, 0.05) is 18.1 Å². The van der Waals surface area contributed by atoms with Crippen molar-refractivity contribution >= 4 is 17.7 Å². The highest BCUT2D eigenvalue weighted by Crippen LogP contribution is 2.45. The molecule has 146 valence electrons. The topological polar surface area (TPSA) is 119 Å². The molecule has 0 spiro atoms. The number of carbonyl (C=O) groups is 2. The van der Waals surface area contributed by atoms with Crippen LogP contribution in [0.1, 0.15) is 30.9 Å². The lowest BCUT2D eigenvalue weighted by atomic mass is 9.97. The molecule has 2 aromatic rings. The molecular formula is C20H20N2O6. The van der Waals surface area contributed by atoms with Crippen LogP contribution in [-0.4, -0.2) is 34.7 Å². The lowest BCUT2D eigenvalue weighted by Crippen LogP contribution is -2.44. The van der Waals surface area contributed by atoms with Gasteiger partial charge < -0.3 is 15.2 Å². The second-order valence-corrected chi connectivity index (χ2v) is 6.97. The van der Waals surface area contributed by atoms with E-state index in [4.69, 9.17) is 4.74 Å². The Labute approximate surface area is 161 Å². The normalized spacial score (nSPS) is 15.5. The van der Waals surface area contributed by atoms with Crippen molar-refractivity contribution in [2.45, 2.75) is 25.8 Å². The Morgan fingerprint density at radius 3 is 2.50 bits per heavy atom. The molecular weight excluding hydrogens is 364 g/mol. The molecule has 8 heteroatoms. The molecule has 3 rings (SSSR count). The summed E-state index contributed by atoms with van der Waals surface area (Å²) in [5.74, 6) is -1.81. The van der Waals surface area contributed by atoms with E-state index in [2.05, 4.69) is 5.32 Å². The van der Waals surface area contributed by atoms with Crippen LogP contribution < -0.4 is 5.32 Å². The van der Waals surface area contributed by atoms with Crippen LogP contribution in [0.4, 0.5) is 10.5 Å². The summed E-state index contributed by atoms with van der Waals surface area (Å²) in [7, 11) is 0. The van der Waals surface area contributed by atoms with Crippen LogP contribution in [0.5, 0.6) is 0 Å². The Morgan fingerprint density at radius 2 is 1.86 bits per heavy atom. The zero-order valence-electron chi connectivity index (χ0n) is 15.4. The van der Waals surface area contributed by atoms with E-state index in [1.807, 2.05) is 24.3 Å². The van der Waals surface area contributed by atoms with Gasteiger partial charge in [-0.3, -0.25) is 10.1 Å². The van der Waals surface area contributed by atoms with Gasteiger partial charge in [0.05, 0.1) is 4.92 Å². The molecule has 1 aliphatic rings. The summed E-state index contributed by atoms with van der Waals surface area (Å²) >= 11 is 0. The molecule has 2 N–H and O–H groups in total. The number of aliphatic carboxylic acids is 1. The monoisotopic (exact) mass is 384 g/mol. The molecule has 0 radical (unpaired) electrons.